The van der Waals surface area contributed by atoms with Gasteiger partial charge in [0.15, 0.2) is 5.11 Å². The highest BCUT2D eigenvalue weighted by Gasteiger charge is 2.34. The summed E-state index contributed by atoms with van der Waals surface area (Å²) in [6.07, 6.45) is -0.200. The molecule has 0 bridgehead atoms. The minimum Gasteiger partial charge on any atom is -0.465 e. The first-order chi connectivity index (χ1) is 12.8. The van der Waals surface area contributed by atoms with Crippen LogP contribution in [-0.2, 0) is 14.3 Å². The molecule has 1 aliphatic heterocycles. The van der Waals surface area contributed by atoms with Gasteiger partial charge < -0.3 is 15.0 Å². The molecule has 146 valence electrons. The van der Waals surface area contributed by atoms with Crippen LogP contribution in [-0.4, -0.2) is 53.5 Å². The first-order valence-electron chi connectivity index (χ1n) is 8.59. The average molecular weight is 395 g/mol. The van der Waals surface area contributed by atoms with Gasteiger partial charge in [0, 0.05) is 13.1 Å². The number of nitrogens with zero attached hydrogens (tertiary/aromatic N) is 1. The Balaban J connectivity index is 2.05. The SMILES string of the molecule is CC(C)COC(=O)CC1C(=O)NCCN1C(=S)NC(=O)c1ccccc1F. The van der Waals surface area contributed by atoms with Crippen molar-refractivity contribution in [2.24, 2.45) is 5.92 Å². The summed E-state index contributed by atoms with van der Waals surface area (Å²) in [6.45, 7) is 4.68. The van der Waals surface area contributed by atoms with Gasteiger partial charge in [0.25, 0.3) is 5.91 Å². The van der Waals surface area contributed by atoms with Crippen molar-refractivity contribution in [3.05, 3.63) is 35.6 Å². The smallest absolute Gasteiger partial charge is 0.308 e. The van der Waals surface area contributed by atoms with Gasteiger partial charge in [-0.2, -0.15) is 0 Å². The Labute approximate surface area is 162 Å². The Kier molecular flexibility index (Phi) is 7.23. The van der Waals surface area contributed by atoms with Crippen LogP contribution in [0.25, 0.3) is 0 Å². The molecule has 1 atom stereocenters. The van der Waals surface area contributed by atoms with Crippen molar-refractivity contribution in [3.8, 4) is 0 Å². The molecule has 2 rings (SSSR count). The van der Waals surface area contributed by atoms with Crippen LogP contribution in [0.4, 0.5) is 4.39 Å². The maximum absolute atomic E-state index is 13.8. The molecule has 2 N–H and O–H groups in total. The summed E-state index contributed by atoms with van der Waals surface area (Å²) in [5, 5.41) is 5.05. The number of benzene rings is 1. The number of halogens is 1. The number of piperazine rings is 1. The predicted octanol–water partition coefficient (Wildman–Crippen LogP) is 1.23. The van der Waals surface area contributed by atoms with Gasteiger partial charge in [-0.25, -0.2) is 4.39 Å². The molecule has 1 unspecified atom stereocenters. The van der Waals surface area contributed by atoms with E-state index < -0.39 is 23.7 Å². The van der Waals surface area contributed by atoms with Crippen molar-refractivity contribution < 1.29 is 23.5 Å². The molecule has 0 aliphatic carbocycles. The fourth-order valence-corrected chi connectivity index (χ4v) is 2.83. The summed E-state index contributed by atoms with van der Waals surface area (Å²) in [5.74, 6) is -2.14. The van der Waals surface area contributed by atoms with Crippen molar-refractivity contribution in [2.45, 2.75) is 26.3 Å². The highest BCUT2D eigenvalue weighted by atomic mass is 32.1. The standard InChI is InChI=1S/C18H22FN3O4S/c1-11(2)10-26-15(23)9-14-17(25)20-7-8-22(14)18(27)21-16(24)12-5-3-4-6-13(12)19/h3-6,11,14H,7-10H2,1-2H3,(H,20,25)(H,21,24,27). The molecule has 0 spiro atoms. The molecule has 1 aromatic carbocycles. The summed E-state index contributed by atoms with van der Waals surface area (Å²) >= 11 is 5.22. The molecule has 1 aliphatic rings. The number of carbonyl (C=O) groups excluding carboxylic acids is 3. The van der Waals surface area contributed by atoms with Gasteiger partial charge >= 0.3 is 5.97 Å². The van der Waals surface area contributed by atoms with E-state index in [9.17, 15) is 18.8 Å². The first kappa shape index (κ1) is 20.8. The van der Waals surface area contributed by atoms with Crippen LogP contribution in [0.2, 0.25) is 0 Å². The van der Waals surface area contributed by atoms with Gasteiger partial charge in [0.1, 0.15) is 11.9 Å². The van der Waals surface area contributed by atoms with E-state index >= 15 is 0 Å². The van der Waals surface area contributed by atoms with E-state index in [-0.39, 0.29) is 35.5 Å². The van der Waals surface area contributed by atoms with E-state index in [1.54, 1.807) is 0 Å². The number of amides is 2. The van der Waals surface area contributed by atoms with E-state index in [1.807, 2.05) is 13.8 Å². The number of carbonyl (C=O) groups is 3. The number of thiocarbonyl (C=S) groups is 1. The zero-order chi connectivity index (χ0) is 20.0. The third-order valence-electron chi connectivity index (χ3n) is 3.87. The third-order valence-corrected chi connectivity index (χ3v) is 4.20. The van der Waals surface area contributed by atoms with E-state index in [4.69, 9.17) is 17.0 Å². The number of hydrogen-bond acceptors (Lipinski definition) is 5. The molecule has 9 heteroatoms. The largest absolute Gasteiger partial charge is 0.465 e. The van der Waals surface area contributed by atoms with Crippen LogP contribution in [0.1, 0.15) is 30.6 Å². The van der Waals surface area contributed by atoms with Gasteiger partial charge in [0.05, 0.1) is 18.6 Å². The lowest BCUT2D eigenvalue weighted by Gasteiger charge is -2.36. The lowest BCUT2D eigenvalue weighted by molar-refractivity contribution is -0.148. The van der Waals surface area contributed by atoms with E-state index in [1.165, 1.54) is 29.2 Å². The fraction of sp³-hybridized carbons (Fsp3) is 0.444. The number of esters is 1. The van der Waals surface area contributed by atoms with Gasteiger partial charge in [-0.3, -0.25) is 19.7 Å². The van der Waals surface area contributed by atoms with Crippen LogP contribution >= 0.6 is 12.2 Å². The molecule has 0 radical (unpaired) electrons. The molecule has 1 aromatic rings. The van der Waals surface area contributed by atoms with E-state index in [2.05, 4.69) is 10.6 Å². The summed E-state index contributed by atoms with van der Waals surface area (Å²) < 4.78 is 18.9. The minimum absolute atomic E-state index is 0.0419. The highest BCUT2D eigenvalue weighted by Crippen LogP contribution is 2.12. The van der Waals surface area contributed by atoms with Gasteiger partial charge in [-0.1, -0.05) is 26.0 Å². The van der Waals surface area contributed by atoms with Crippen LogP contribution in [0.5, 0.6) is 0 Å². The molecule has 0 saturated carbocycles. The Bertz CT molecular complexity index is 741. The molecule has 1 heterocycles. The van der Waals surface area contributed by atoms with Crippen LogP contribution in [0, 0.1) is 11.7 Å². The zero-order valence-electron chi connectivity index (χ0n) is 15.2. The maximum Gasteiger partial charge on any atom is 0.308 e. The number of nitrogens with one attached hydrogen (secondary N) is 2. The van der Waals surface area contributed by atoms with Gasteiger partial charge in [-0.15, -0.1) is 0 Å². The Morgan fingerprint density at radius 1 is 1.41 bits per heavy atom. The third kappa shape index (κ3) is 5.72. The second kappa shape index (κ2) is 9.40. The fourth-order valence-electron chi connectivity index (χ4n) is 2.52. The highest BCUT2D eigenvalue weighted by molar-refractivity contribution is 7.80. The second-order valence-electron chi connectivity index (χ2n) is 6.52. The van der Waals surface area contributed by atoms with Gasteiger partial charge in [-0.05, 0) is 30.3 Å². The molecular weight excluding hydrogens is 373 g/mol. The topological polar surface area (TPSA) is 87.7 Å². The van der Waals surface area contributed by atoms with E-state index in [0.717, 1.165) is 0 Å². The summed E-state index contributed by atoms with van der Waals surface area (Å²) in [5.41, 5.74) is -0.158. The van der Waals surface area contributed by atoms with Gasteiger partial charge in [0.2, 0.25) is 5.91 Å². The van der Waals surface area contributed by atoms with Crippen molar-refractivity contribution >= 4 is 35.1 Å². The molecule has 1 fully saturated rings. The maximum atomic E-state index is 13.8. The normalized spacial score (nSPS) is 16.7. The zero-order valence-corrected chi connectivity index (χ0v) is 16.0. The number of rotatable bonds is 5. The minimum atomic E-state index is -0.896. The quantitative estimate of drug-likeness (QED) is 0.576. The van der Waals surface area contributed by atoms with Crippen molar-refractivity contribution in [3.63, 3.8) is 0 Å². The number of ether oxygens (including phenoxy) is 1. The Morgan fingerprint density at radius 2 is 2.11 bits per heavy atom. The van der Waals surface area contributed by atoms with Crippen LogP contribution < -0.4 is 10.6 Å². The first-order valence-corrected chi connectivity index (χ1v) is 9.00. The summed E-state index contributed by atoms with van der Waals surface area (Å²) in [6, 6.07) is 4.60. The lowest BCUT2D eigenvalue weighted by atomic mass is 10.1. The summed E-state index contributed by atoms with van der Waals surface area (Å²) in [4.78, 5) is 37.9. The second-order valence-corrected chi connectivity index (χ2v) is 6.91. The Morgan fingerprint density at radius 3 is 2.78 bits per heavy atom. The van der Waals surface area contributed by atoms with Crippen molar-refractivity contribution in [1.29, 1.82) is 0 Å². The molecular formula is C18H22FN3O4S. The van der Waals surface area contributed by atoms with Crippen molar-refractivity contribution in [2.75, 3.05) is 19.7 Å². The van der Waals surface area contributed by atoms with Crippen LogP contribution in [0.15, 0.2) is 24.3 Å². The monoisotopic (exact) mass is 395 g/mol. The molecule has 2 amide bonds. The Hall–Kier alpha value is -2.55. The molecule has 0 aromatic heterocycles. The van der Waals surface area contributed by atoms with Crippen LogP contribution in [0.3, 0.4) is 0 Å². The predicted molar refractivity (Wildman–Crippen MR) is 100 cm³/mol. The molecule has 27 heavy (non-hydrogen) atoms. The molecule has 1 saturated heterocycles. The summed E-state index contributed by atoms with van der Waals surface area (Å²) in [7, 11) is 0. The lowest BCUT2D eigenvalue weighted by Crippen LogP contribution is -2.60. The van der Waals surface area contributed by atoms with E-state index in [0.29, 0.717) is 13.1 Å². The van der Waals surface area contributed by atoms with Crippen molar-refractivity contribution in [1.82, 2.24) is 15.5 Å². The molecule has 7 nitrogen and oxygen atoms in total. The average Bonchev–Trinajstić information content (AvgIpc) is 2.61. The number of hydrogen-bond donors (Lipinski definition) is 2.